The van der Waals surface area contributed by atoms with E-state index < -0.39 is 5.92 Å². The fourth-order valence-electron chi connectivity index (χ4n) is 2.25. The number of likely N-dealkylation sites (tertiary alicyclic amines) is 1. The molecule has 0 spiro atoms. The molecule has 1 aromatic rings. The van der Waals surface area contributed by atoms with E-state index in [0.717, 1.165) is 10.0 Å². The van der Waals surface area contributed by atoms with Crippen LogP contribution >= 0.6 is 15.9 Å². The molecule has 0 N–H and O–H groups in total. The van der Waals surface area contributed by atoms with Crippen LogP contribution in [0.3, 0.4) is 0 Å². The van der Waals surface area contributed by atoms with Crippen LogP contribution in [-0.2, 0) is 0 Å². The minimum absolute atomic E-state index is 0.0260. The van der Waals surface area contributed by atoms with Crippen molar-refractivity contribution < 1.29 is 8.78 Å². The van der Waals surface area contributed by atoms with Crippen LogP contribution in [0.1, 0.15) is 31.4 Å². The van der Waals surface area contributed by atoms with Gasteiger partial charge in [0.2, 0.25) is 0 Å². The molecule has 1 aliphatic rings. The lowest BCUT2D eigenvalue weighted by atomic mass is 10.0. The van der Waals surface area contributed by atoms with E-state index in [1.54, 1.807) is 0 Å². The lowest BCUT2D eigenvalue weighted by molar-refractivity contribution is -0.0620. The Morgan fingerprint density at radius 3 is 2.41 bits per heavy atom. The average Bonchev–Trinajstić information content (AvgIpc) is 2.29. The molecule has 0 amide bonds. The Hall–Kier alpha value is -0.480. The van der Waals surface area contributed by atoms with Crippen molar-refractivity contribution in [3.63, 3.8) is 0 Å². The molecule has 1 saturated heterocycles. The molecule has 1 aromatic carbocycles. The summed E-state index contributed by atoms with van der Waals surface area (Å²) < 4.78 is 27.2. The predicted molar refractivity (Wildman–Crippen MR) is 68.3 cm³/mol. The Bertz CT molecular complexity index is 385. The molecule has 1 aliphatic heterocycles. The molecule has 0 radical (unpaired) electrons. The van der Waals surface area contributed by atoms with Gasteiger partial charge in [-0.3, -0.25) is 4.90 Å². The van der Waals surface area contributed by atoms with E-state index in [0.29, 0.717) is 13.1 Å². The van der Waals surface area contributed by atoms with Gasteiger partial charge in [0.15, 0.2) is 0 Å². The van der Waals surface area contributed by atoms with Crippen LogP contribution in [0.2, 0.25) is 0 Å². The molecule has 17 heavy (non-hydrogen) atoms. The summed E-state index contributed by atoms with van der Waals surface area (Å²) in [6, 6.07) is 8.16. The van der Waals surface area contributed by atoms with Crippen molar-refractivity contribution >= 4 is 15.9 Å². The zero-order valence-corrected chi connectivity index (χ0v) is 11.4. The van der Waals surface area contributed by atoms with Gasteiger partial charge >= 0.3 is 0 Å². The van der Waals surface area contributed by atoms with Crippen molar-refractivity contribution in [2.75, 3.05) is 13.1 Å². The van der Waals surface area contributed by atoms with Gasteiger partial charge in [-0.1, -0.05) is 34.1 Å². The van der Waals surface area contributed by atoms with Crippen molar-refractivity contribution in [1.82, 2.24) is 4.90 Å². The smallest absolute Gasteiger partial charge is 0.250 e. The SMILES string of the molecule is CC(c1ccccc1Br)N1CCC(F)(F)CC1. The average molecular weight is 304 g/mol. The highest BCUT2D eigenvalue weighted by atomic mass is 79.9. The molecule has 94 valence electrons. The maximum Gasteiger partial charge on any atom is 0.250 e. The topological polar surface area (TPSA) is 3.24 Å². The fraction of sp³-hybridized carbons (Fsp3) is 0.538. The first-order valence-electron chi connectivity index (χ1n) is 5.86. The molecule has 1 nitrogen and oxygen atoms in total. The van der Waals surface area contributed by atoms with Gasteiger partial charge in [0.05, 0.1) is 0 Å². The van der Waals surface area contributed by atoms with Crippen molar-refractivity contribution in [2.24, 2.45) is 0 Å². The van der Waals surface area contributed by atoms with E-state index in [9.17, 15) is 8.78 Å². The van der Waals surface area contributed by atoms with Crippen LogP contribution in [0.4, 0.5) is 8.78 Å². The van der Waals surface area contributed by atoms with Crippen molar-refractivity contribution in [1.29, 1.82) is 0 Å². The zero-order chi connectivity index (χ0) is 12.5. The molecule has 2 rings (SSSR count). The van der Waals surface area contributed by atoms with Gasteiger partial charge in [-0.2, -0.15) is 0 Å². The third kappa shape index (κ3) is 3.05. The van der Waals surface area contributed by atoms with Crippen molar-refractivity contribution in [3.8, 4) is 0 Å². The Morgan fingerprint density at radius 2 is 1.82 bits per heavy atom. The zero-order valence-electron chi connectivity index (χ0n) is 9.80. The van der Waals surface area contributed by atoms with Gasteiger partial charge in [0.1, 0.15) is 0 Å². The Labute approximate surface area is 109 Å². The standard InChI is InChI=1S/C13H16BrF2N/c1-10(11-4-2-3-5-12(11)14)17-8-6-13(15,16)7-9-17/h2-5,10H,6-9H2,1H3. The van der Waals surface area contributed by atoms with Crippen molar-refractivity contribution in [2.45, 2.75) is 31.7 Å². The van der Waals surface area contributed by atoms with Crippen LogP contribution in [0, 0.1) is 0 Å². The Kier molecular flexibility index (Phi) is 3.83. The highest BCUT2D eigenvalue weighted by molar-refractivity contribution is 9.10. The number of benzene rings is 1. The molecule has 4 heteroatoms. The van der Waals surface area contributed by atoms with E-state index in [1.807, 2.05) is 24.3 Å². The first kappa shape index (κ1) is 13.0. The van der Waals surface area contributed by atoms with E-state index in [4.69, 9.17) is 0 Å². The quantitative estimate of drug-likeness (QED) is 0.790. The van der Waals surface area contributed by atoms with E-state index in [1.165, 1.54) is 0 Å². The molecule has 0 bridgehead atoms. The van der Waals surface area contributed by atoms with Gasteiger partial charge in [-0.05, 0) is 18.6 Å². The summed E-state index contributed by atoms with van der Waals surface area (Å²) in [5, 5.41) is 0. The third-order valence-corrected chi connectivity index (χ3v) is 4.15. The summed E-state index contributed by atoms with van der Waals surface area (Å²) in [5.41, 5.74) is 1.16. The normalized spacial score (nSPS) is 22.4. The number of alkyl halides is 2. The molecule has 1 heterocycles. The first-order valence-corrected chi connectivity index (χ1v) is 6.65. The van der Waals surface area contributed by atoms with Crippen LogP contribution in [0.15, 0.2) is 28.7 Å². The second-order valence-electron chi connectivity index (χ2n) is 4.59. The highest BCUT2D eigenvalue weighted by Crippen LogP contribution is 2.34. The molecule has 1 unspecified atom stereocenters. The summed E-state index contributed by atoms with van der Waals surface area (Å²) >= 11 is 3.51. The van der Waals surface area contributed by atoms with Gasteiger partial charge in [-0.25, -0.2) is 8.78 Å². The minimum Gasteiger partial charge on any atom is -0.296 e. The fourth-order valence-corrected chi connectivity index (χ4v) is 2.87. The number of hydrogen-bond acceptors (Lipinski definition) is 1. The van der Waals surface area contributed by atoms with E-state index in [2.05, 4.69) is 27.8 Å². The monoisotopic (exact) mass is 303 g/mol. The number of halogens is 3. The van der Waals surface area contributed by atoms with Crippen LogP contribution in [0.25, 0.3) is 0 Å². The van der Waals surface area contributed by atoms with Gasteiger partial charge < -0.3 is 0 Å². The van der Waals surface area contributed by atoms with Gasteiger partial charge in [-0.15, -0.1) is 0 Å². The molecule has 0 aromatic heterocycles. The predicted octanol–water partition coefficient (Wildman–Crippen LogP) is 4.24. The van der Waals surface area contributed by atoms with Gasteiger partial charge in [0, 0.05) is 36.4 Å². The van der Waals surface area contributed by atoms with Crippen LogP contribution in [0.5, 0.6) is 0 Å². The minimum atomic E-state index is -2.47. The van der Waals surface area contributed by atoms with Gasteiger partial charge in [0.25, 0.3) is 5.92 Å². The molecule has 0 aliphatic carbocycles. The largest absolute Gasteiger partial charge is 0.296 e. The second-order valence-corrected chi connectivity index (χ2v) is 5.44. The number of piperidine rings is 1. The summed E-state index contributed by atoms with van der Waals surface area (Å²) in [4.78, 5) is 2.12. The molecule has 1 fully saturated rings. The van der Waals surface area contributed by atoms with Crippen LogP contribution in [-0.4, -0.2) is 23.9 Å². The highest BCUT2D eigenvalue weighted by Gasteiger charge is 2.35. The molecular formula is C13H16BrF2N. The molecular weight excluding hydrogens is 288 g/mol. The van der Waals surface area contributed by atoms with E-state index >= 15 is 0 Å². The number of rotatable bonds is 2. The Morgan fingerprint density at radius 1 is 1.24 bits per heavy atom. The van der Waals surface area contributed by atoms with Crippen LogP contribution < -0.4 is 0 Å². The summed E-state index contributed by atoms with van der Waals surface area (Å²) in [7, 11) is 0. The maximum atomic E-state index is 13.1. The summed E-state index contributed by atoms with van der Waals surface area (Å²) in [6.45, 7) is 3.01. The maximum absolute atomic E-state index is 13.1. The lowest BCUT2D eigenvalue weighted by Crippen LogP contribution is -2.40. The third-order valence-electron chi connectivity index (χ3n) is 3.43. The lowest BCUT2D eigenvalue weighted by Gasteiger charge is -2.36. The first-order chi connectivity index (χ1) is 7.99. The second kappa shape index (κ2) is 5.02. The van der Waals surface area contributed by atoms with E-state index in [-0.39, 0.29) is 18.9 Å². The number of hydrogen-bond donors (Lipinski definition) is 0. The molecule has 1 atom stereocenters. The summed E-state index contributed by atoms with van der Waals surface area (Å²) in [5.74, 6) is -2.47. The van der Waals surface area contributed by atoms with Crippen molar-refractivity contribution in [3.05, 3.63) is 34.3 Å². The summed E-state index contributed by atoms with van der Waals surface area (Å²) in [6.07, 6.45) is -0.0520. The number of nitrogens with zero attached hydrogens (tertiary/aromatic N) is 1. The molecule has 0 saturated carbocycles. The Balaban J connectivity index is 2.07.